The SMILES string of the molecule is c1ccc(-c2nc(-c3ccccc3)nc(-c3cccc(-c4cccc(-n5c6ccccc6c6cc(-c7cccc8c7oc7ccccc78)ccc65)c4)c3)n2)cc1. The molecule has 3 aromatic heterocycles. The summed E-state index contributed by atoms with van der Waals surface area (Å²) in [5.41, 5.74) is 12.4. The van der Waals surface area contributed by atoms with Gasteiger partial charge in [-0.2, -0.15) is 0 Å². The number of hydrogen-bond acceptors (Lipinski definition) is 4. The van der Waals surface area contributed by atoms with Crippen molar-refractivity contribution in [3.05, 3.63) is 194 Å². The lowest BCUT2D eigenvalue weighted by molar-refractivity contribution is 0.670. The maximum atomic E-state index is 6.44. The zero-order chi connectivity index (χ0) is 37.0. The van der Waals surface area contributed by atoms with Crippen LogP contribution in [0.4, 0.5) is 0 Å². The highest BCUT2D eigenvalue weighted by molar-refractivity contribution is 6.13. The fourth-order valence-corrected chi connectivity index (χ4v) is 7.99. The minimum absolute atomic E-state index is 0.632. The molecule has 0 radical (unpaired) electrons. The van der Waals surface area contributed by atoms with Gasteiger partial charge in [-0.3, -0.25) is 0 Å². The lowest BCUT2D eigenvalue weighted by atomic mass is 10.0. The van der Waals surface area contributed by atoms with E-state index in [1.807, 2.05) is 72.8 Å². The number of benzene rings is 8. The van der Waals surface area contributed by atoms with Crippen molar-refractivity contribution >= 4 is 43.7 Å². The molecule has 0 fully saturated rings. The van der Waals surface area contributed by atoms with Crippen LogP contribution in [0.2, 0.25) is 0 Å². The van der Waals surface area contributed by atoms with E-state index < -0.39 is 0 Å². The summed E-state index contributed by atoms with van der Waals surface area (Å²) in [7, 11) is 0. The van der Waals surface area contributed by atoms with Crippen LogP contribution in [0.25, 0.3) is 106 Å². The van der Waals surface area contributed by atoms with Gasteiger partial charge >= 0.3 is 0 Å². The van der Waals surface area contributed by atoms with Crippen LogP contribution in [-0.2, 0) is 0 Å². The van der Waals surface area contributed by atoms with Crippen molar-refractivity contribution in [2.45, 2.75) is 0 Å². The van der Waals surface area contributed by atoms with E-state index in [1.165, 1.54) is 10.8 Å². The third kappa shape index (κ3) is 5.37. The smallest absolute Gasteiger partial charge is 0.164 e. The molecule has 0 aliphatic heterocycles. The van der Waals surface area contributed by atoms with Crippen LogP contribution in [0.15, 0.2) is 199 Å². The van der Waals surface area contributed by atoms with E-state index in [1.54, 1.807) is 0 Å². The molecule has 5 nitrogen and oxygen atoms in total. The van der Waals surface area contributed by atoms with Crippen molar-refractivity contribution in [3.63, 3.8) is 0 Å². The third-order valence-corrected chi connectivity index (χ3v) is 10.6. The van der Waals surface area contributed by atoms with Crippen molar-refractivity contribution in [1.82, 2.24) is 19.5 Å². The van der Waals surface area contributed by atoms with E-state index in [4.69, 9.17) is 19.4 Å². The van der Waals surface area contributed by atoms with Gasteiger partial charge in [0.15, 0.2) is 17.5 Å². The lowest BCUT2D eigenvalue weighted by Crippen LogP contribution is -2.00. The number of nitrogens with zero attached hydrogens (tertiary/aromatic N) is 4. The Bertz CT molecular complexity index is 3200. The van der Waals surface area contributed by atoms with Crippen molar-refractivity contribution in [2.24, 2.45) is 0 Å². The molecule has 0 saturated heterocycles. The molecule has 3 heterocycles. The number of aromatic nitrogens is 4. The van der Waals surface area contributed by atoms with Crippen molar-refractivity contribution in [2.75, 3.05) is 0 Å². The summed E-state index contributed by atoms with van der Waals surface area (Å²) < 4.78 is 8.81. The monoisotopic (exact) mass is 716 g/mol. The highest BCUT2D eigenvalue weighted by Gasteiger charge is 2.17. The molecule has 11 rings (SSSR count). The molecule has 8 aromatic carbocycles. The highest BCUT2D eigenvalue weighted by Crippen LogP contribution is 2.40. The fraction of sp³-hybridized carbons (Fsp3) is 0. The third-order valence-electron chi connectivity index (χ3n) is 10.6. The van der Waals surface area contributed by atoms with E-state index in [-0.39, 0.29) is 0 Å². The zero-order valence-corrected chi connectivity index (χ0v) is 30.2. The quantitative estimate of drug-likeness (QED) is 0.172. The number of para-hydroxylation sites is 3. The van der Waals surface area contributed by atoms with Crippen LogP contribution in [0, 0.1) is 0 Å². The van der Waals surface area contributed by atoms with E-state index in [0.717, 1.165) is 77.6 Å². The van der Waals surface area contributed by atoms with Crippen LogP contribution in [0.3, 0.4) is 0 Å². The predicted octanol–water partition coefficient (Wildman–Crippen LogP) is 13.2. The second kappa shape index (κ2) is 13.0. The second-order valence-electron chi connectivity index (χ2n) is 14.0. The first-order chi connectivity index (χ1) is 27.7. The summed E-state index contributed by atoms with van der Waals surface area (Å²) in [6.45, 7) is 0. The van der Waals surface area contributed by atoms with Gasteiger partial charge in [-0.05, 0) is 59.2 Å². The summed E-state index contributed by atoms with van der Waals surface area (Å²) in [4.78, 5) is 14.9. The molecule has 0 spiro atoms. The molecule has 0 saturated carbocycles. The van der Waals surface area contributed by atoms with Crippen LogP contribution < -0.4 is 0 Å². The van der Waals surface area contributed by atoms with Crippen molar-refractivity contribution in [3.8, 4) is 62.1 Å². The van der Waals surface area contributed by atoms with E-state index in [0.29, 0.717) is 17.5 Å². The highest BCUT2D eigenvalue weighted by atomic mass is 16.3. The van der Waals surface area contributed by atoms with Gasteiger partial charge in [-0.1, -0.05) is 152 Å². The minimum atomic E-state index is 0.632. The van der Waals surface area contributed by atoms with E-state index in [9.17, 15) is 0 Å². The van der Waals surface area contributed by atoms with Gasteiger partial charge in [-0.25, -0.2) is 15.0 Å². The second-order valence-corrected chi connectivity index (χ2v) is 14.0. The van der Waals surface area contributed by atoms with Gasteiger partial charge in [0.1, 0.15) is 11.2 Å². The predicted molar refractivity (Wildman–Crippen MR) is 229 cm³/mol. The summed E-state index contributed by atoms with van der Waals surface area (Å²) in [6, 6.07) is 67.5. The van der Waals surface area contributed by atoms with Gasteiger partial charge < -0.3 is 8.98 Å². The number of hydrogen-bond donors (Lipinski definition) is 0. The lowest BCUT2D eigenvalue weighted by Gasteiger charge is -2.12. The molecule has 0 unspecified atom stereocenters. The average molecular weight is 717 g/mol. The first-order valence-corrected chi connectivity index (χ1v) is 18.8. The maximum Gasteiger partial charge on any atom is 0.164 e. The average Bonchev–Trinajstić information content (AvgIpc) is 3.83. The van der Waals surface area contributed by atoms with Crippen LogP contribution in [-0.4, -0.2) is 19.5 Å². The Kier molecular flexibility index (Phi) is 7.42. The summed E-state index contributed by atoms with van der Waals surface area (Å²) in [6.07, 6.45) is 0. The standard InChI is InChI=1S/C51H32N4O/c1-3-14-33(15-4-1)49-52-50(34-16-5-2-6-17-34)54-51(53-49)38-20-11-18-35(30-38)36-19-12-21-39(31-36)55-45-26-9-7-22-41(45)44-32-37(28-29-46(44)55)40-24-13-25-43-42-23-8-10-27-47(42)56-48(40)43/h1-32H. The van der Waals surface area contributed by atoms with Crippen LogP contribution in [0.5, 0.6) is 0 Å². The number of rotatable bonds is 6. The van der Waals surface area contributed by atoms with Gasteiger partial charge in [0.25, 0.3) is 0 Å². The maximum absolute atomic E-state index is 6.44. The van der Waals surface area contributed by atoms with Crippen LogP contribution in [0.1, 0.15) is 0 Å². The number of fused-ring (bicyclic) bond motifs is 6. The Hall–Kier alpha value is -7.63. The molecule has 56 heavy (non-hydrogen) atoms. The largest absolute Gasteiger partial charge is 0.455 e. The normalized spacial score (nSPS) is 11.6. The summed E-state index contributed by atoms with van der Waals surface area (Å²) >= 11 is 0. The molecule has 0 atom stereocenters. The Morgan fingerprint density at radius 3 is 1.66 bits per heavy atom. The molecule has 0 aliphatic carbocycles. The molecular weight excluding hydrogens is 685 g/mol. The molecule has 5 heteroatoms. The van der Waals surface area contributed by atoms with Gasteiger partial charge in [-0.15, -0.1) is 0 Å². The van der Waals surface area contributed by atoms with Gasteiger partial charge in [0, 0.05) is 49.5 Å². The first kappa shape index (κ1) is 31.9. The van der Waals surface area contributed by atoms with Crippen LogP contribution >= 0.6 is 0 Å². The minimum Gasteiger partial charge on any atom is -0.455 e. The first-order valence-electron chi connectivity index (χ1n) is 18.8. The Labute approximate surface area is 322 Å². The van der Waals surface area contributed by atoms with E-state index >= 15 is 0 Å². The molecule has 0 amide bonds. The van der Waals surface area contributed by atoms with Crippen molar-refractivity contribution < 1.29 is 4.42 Å². The molecule has 11 aromatic rings. The molecule has 0 bridgehead atoms. The van der Waals surface area contributed by atoms with E-state index in [2.05, 4.69) is 126 Å². The summed E-state index contributed by atoms with van der Waals surface area (Å²) in [5, 5.41) is 4.66. The Morgan fingerprint density at radius 2 is 0.893 bits per heavy atom. The summed E-state index contributed by atoms with van der Waals surface area (Å²) in [5.74, 6) is 1.92. The fourth-order valence-electron chi connectivity index (χ4n) is 7.99. The molecule has 0 aliphatic rings. The topological polar surface area (TPSA) is 56.7 Å². The Morgan fingerprint density at radius 1 is 0.339 bits per heavy atom. The Balaban J connectivity index is 1.02. The molecule has 0 N–H and O–H groups in total. The molecular formula is C51H32N4O. The van der Waals surface area contributed by atoms with Gasteiger partial charge in [0.2, 0.25) is 0 Å². The zero-order valence-electron chi connectivity index (χ0n) is 30.2. The van der Waals surface area contributed by atoms with Crippen molar-refractivity contribution in [1.29, 1.82) is 0 Å². The van der Waals surface area contributed by atoms with Gasteiger partial charge in [0.05, 0.1) is 11.0 Å². The number of furan rings is 1. The molecule has 262 valence electrons.